The zero-order valence-electron chi connectivity index (χ0n) is 16.3. The first-order chi connectivity index (χ1) is 14.1. The average molecular weight is 398 g/mol. The van der Waals surface area contributed by atoms with Crippen molar-refractivity contribution >= 4 is 32.2 Å². The predicted octanol–water partition coefficient (Wildman–Crippen LogP) is 8.05. The lowest BCUT2D eigenvalue weighted by Crippen LogP contribution is -1.90. The van der Waals surface area contributed by atoms with E-state index in [2.05, 4.69) is 55.2 Å². The molecule has 0 aliphatic heterocycles. The molecule has 5 aromatic rings. The van der Waals surface area contributed by atoms with Gasteiger partial charge in [-0.2, -0.15) is 0 Å². The molecule has 0 saturated heterocycles. The maximum Gasteiger partial charge on any atom is 0.132 e. The van der Waals surface area contributed by atoms with Gasteiger partial charge in [-0.3, -0.25) is 4.98 Å². The normalized spacial score (nSPS) is 11.6. The molecule has 29 heavy (non-hydrogen) atoms. The summed E-state index contributed by atoms with van der Waals surface area (Å²) in [6.07, 6.45) is 1.83. The molecule has 0 spiro atoms. The van der Waals surface area contributed by atoms with E-state index < -0.39 is 0 Å². The van der Waals surface area contributed by atoms with Gasteiger partial charge in [0.2, 0.25) is 0 Å². The summed E-state index contributed by atoms with van der Waals surface area (Å²) >= 11 is 1.60. The molecule has 0 atom stereocenters. The van der Waals surface area contributed by atoms with E-state index >= 15 is 0 Å². The molecule has 0 aliphatic rings. The number of nitrogens with zero attached hydrogens (tertiary/aromatic N) is 1. The molecule has 0 saturated carbocycles. The summed E-state index contributed by atoms with van der Waals surface area (Å²) < 4.78 is 15.9. The number of fused-ring (bicyclic) bond motifs is 2. The Hall–Kier alpha value is -3.04. The van der Waals surface area contributed by atoms with E-state index in [0.717, 1.165) is 31.8 Å². The van der Waals surface area contributed by atoms with Crippen LogP contribution in [-0.4, -0.2) is 4.98 Å². The number of hydrogen-bond donors (Lipinski definition) is 0. The standard InChI is InChI=1S/C26H20FNS/c1-16(2)18-9-10-22(23(27)14-18)24-15-21-11-12-28-25(26(21)29-24)20-8-7-17-5-3-4-6-19(17)13-20/h3-16H,1-2H3. The number of aromatic nitrogens is 1. The topological polar surface area (TPSA) is 12.9 Å². The van der Waals surface area contributed by atoms with Crippen molar-refractivity contribution in [2.45, 2.75) is 19.8 Å². The lowest BCUT2D eigenvalue weighted by Gasteiger charge is -2.07. The zero-order valence-corrected chi connectivity index (χ0v) is 17.1. The van der Waals surface area contributed by atoms with Crippen LogP contribution in [0, 0.1) is 5.82 Å². The summed E-state index contributed by atoms with van der Waals surface area (Å²) in [5.41, 5.74) is 3.70. The molecule has 0 fully saturated rings. The van der Waals surface area contributed by atoms with Crippen molar-refractivity contribution in [2.24, 2.45) is 0 Å². The van der Waals surface area contributed by atoms with Crippen molar-refractivity contribution in [3.05, 3.63) is 90.4 Å². The second-order valence-electron chi connectivity index (χ2n) is 7.64. The van der Waals surface area contributed by atoms with Gasteiger partial charge in [0, 0.05) is 22.2 Å². The Bertz CT molecular complexity index is 1350. The van der Waals surface area contributed by atoms with Crippen LogP contribution in [0.2, 0.25) is 0 Å². The first kappa shape index (κ1) is 18.0. The lowest BCUT2D eigenvalue weighted by molar-refractivity contribution is 0.627. The molecule has 0 N–H and O–H groups in total. The van der Waals surface area contributed by atoms with Crippen LogP contribution in [0.1, 0.15) is 25.3 Å². The molecule has 1 nitrogen and oxygen atoms in total. The van der Waals surface area contributed by atoms with Crippen molar-refractivity contribution in [2.75, 3.05) is 0 Å². The van der Waals surface area contributed by atoms with Crippen LogP contribution in [0.25, 0.3) is 42.6 Å². The number of hydrogen-bond acceptors (Lipinski definition) is 2. The maximum absolute atomic E-state index is 14.8. The quantitative estimate of drug-likeness (QED) is 0.300. The summed E-state index contributed by atoms with van der Waals surface area (Å²) in [7, 11) is 0. The fourth-order valence-electron chi connectivity index (χ4n) is 3.73. The maximum atomic E-state index is 14.8. The van der Waals surface area contributed by atoms with E-state index in [9.17, 15) is 4.39 Å². The minimum Gasteiger partial charge on any atom is -0.255 e. The third-order valence-corrected chi connectivity index (χ3v) is 6.57. The third-order valence-electron chi connectivity index (χ3n) is 5.38. The smallest absolute Gasteiger partial charge is 0.132 e. The summed E-state index contributed by atoms with van der Waals surface area (Å²) in [6.45, 7) is 4.16. The molecule has 3 heteroatoms. The molecule has 3 aromatic carbocycles. The molecule has 0 bridgehead atoms. The average Bonchev–Trinajstić information content (AvgIpc) is 3.17. The van der Waals surface area contributed by atoms with E-state index in [1.807, 2.05) is 36.5 Å². The number of benzene rings is 3. The van der Waals surface area contributed by atoms with E-state index in [4.69, 9.17) is 0 Å². The fraction of sp³-hybridized carbons (Fsp3) is 0.115. The Kier molecular flexibility index (Phi) is 4.40. The Balaban J connectivity index is 1.65. The van der Waals surface area contributed by atoms with Crippen LogP contribution in [-0.2, 0) is 0 Å². The van der Waals surface area contributed by atoms with Gasteiger partial charge in [0.05, 0.1) is 10.4 Å². The van der Waals surface area contributed by atoms with Crippen molar-refractivity contribution < 1.29 is 4.39 Å². The zero-order chi connectivity index (χ0) is 20.0. The molecular formula is C26H20FNS. The lowest BCUT2D eigenvalue weighted by atomic mass is 10.0. The largest absolute Gasteiger partial charge is 0.255 e. The summed E-state index contributed by atoms with van der Waals surface area (Å²) in [5, 5.41) is 3.49. The monoisotopic (exact) mass is 397 g/mol. The van der Waals surface area contributed by atoms with E-state index in [1.165, 1.54) is 10.8 Å². The van der Waals surface area contributed by atoms with Crippen LogP contribution >= 0.6 is 11.3 Å². The highest BCUT2D eigenvalue weighted by Gasteiger charge is 2.14. The van der Waals surface area contributed by atoms with Crippen LogP contribution in [0.15, 0.2) is 79.0 Å². The molecule has 0 amide bonds. The van der Waals surface area contributed by atoms with Gasteiger partial charge >= 0.3 is 0 Å². The molecule has 142 valence electrons. The number of pyridine rings is 1. The summed E-state index contributed by atoms with van der Waals surface area (Å²) in [4.78, 5) is 5.60. The highest BCUT2D eigenvalue weighted by atomic mass is 32.1. The van der Waals surface area contributed by atoms with Crippen molar-refractivity contribution in [3.63, 3.8) is 0 Å². The van der Waals surface area contributed by atoms with Crippen LogP contribution in [0.3, 0.4) is 0 Å². The van der Waals surface area contributed by atoms with Gasteiger partial charge in [-0.1, -0.05) is 62.4 Å². The molecule has 0 unspecified atom stereocenters. The highest BCUT2D eigenvalue weighted by molar-refractivity contribution is 7.22. The first-order valence-corrected chi connectivity index (χ1v) is 10.6. The van der Waals surface area contributed by atoms with E-state index in [1.54, 1.807) is 17.4 Å². The van der Waals surface area contributed by atoms with Crippen LogP contribution in [0.5, 0.6) is 0 Å². The molecule has 2 heterocycles. The molecule has 0 radical (unpaired) electrons. The van der Waals surface area contributed by atoms with Gasteiger partial charge in [0.25, 0.3) is 0 Å². The molecule has 2 aromatic heterocycles. The summed E-state index contributed by atoms with van der Waals surface area (Å²) in [5.74, 6) is 0.146. The van der Waals surface area contributed by atoms with E-state index in [-0.39, 0.29) is 5.82 Å². The highest BCUT2D eigenvalue weighted by Crippen LogP contribution is 2.39. The second kappa shape index (κ2) is 7.09. The van der Waals surface area contributed by atoms with Crippen LogP contribution < -0.4 is 0 Å². The van der Waals surface area contributed by atoms with Gasteiger partial charge in [-0.25, -0.2) is 4.39 Å². The Morgan fingerprint density at radius 2 is 1.66 bits per heavy atom. The minimum atomic E-state index is -0.164. The van der Waals surface area contributed by atoms with E-state index in [0.29, 0.717) is 11.5 Å². The summed E-state index contributed by atoms with van der Waals surface area (Å²) in [6, 6.07) is 24.4. The van der Waals surface area contributed by atoms with Crippen molar-refractivity contribution in [3.8, 4) is 21.7 Å². The molecule has 5 rings (SSSR count). The van der Waals surface area contributed by atoms with Crippen molar-refractivity contribution in [1.82, 2.24) is 4.98 Å². The predicted molar refractivity (Wildman–Crippen MR) is 122 cm³/mol. The minimum absolute atomic E-state index is 0.164. The van der Waals surface area contributed by atoms with Gasteiger partial charge in [-0.15, -0.1) is 11.3 Å². The number of halogens is 1. The molecular weight excluding hydrogens is 377 g/mol. The number of rotatable bonds is 3. The SMILES string of the molecule is CC(C)c1ccc(-c2cc3ccnc(-c4ccc5ccccc5c4)c3s2)c(F)c1. The third kappa shape index (κ3) is 3.22. The number of thiophene rings is 1. The van der Waals surface area contributed by atoms with Crippen LogP contribution in [0.4, 0.5) is 4.39 Å². The Labute approximate surface area is 173 Å². The Morgan fingerprint density at radius 1 is 0.828 bits per heavy atom. The van der Waals surface area contributed by atoms with Gasteiger partial charge in [-0.05, 0) is 51.9 Å². The molecule has 0 aliphatic carbocycles. The van der Waals surface area contributed by atoms with Gasteiger partial charge < -0.3 is 0 Å². The van der Waals surface area contributed by atoms with Gasteiger partial charge in [0.1, 0.15) is 5.82 Å². The Morgan fingerprint density at radius 3 is 2.45 bits per heavy atom. The second-order valence-corrected chi connectivity index (χ2v) is 8.70. The van der Waals surface area contributed by atoms with Gasteiger partial charge in [0.15, 0.2) is 0 Å². The van der Waals surface area contributed by atoms with Crippen molar-refractivity contribution in [1.29, 1.82) is 0 Å². The fourth-order valence-corrected chi connectivity index (χ4v) is 4.92. The first-order valence-electron chi connectivity index (χ1n) is 9.78.